The fraction of sp³-hybridized carbons (Fsp3) is 1.00. The standard InChI is InChI=1S/C6H12O5P2/c7-12-2-1-6(3-9-12)4-10-13(8)11-5-6/h7-8H,1-5H2. The van der Waals surface area contributed by atoms with Crippen molar-refractivity contribution in [2.45, 2.75) is 6.42 Å². The normalized spacial score (nSPS) is 46.6. The molecule has 0 saturated carbocycles. The van der Waals surface area contributed by atoms with Crippen molar-refractivity contribution in [3.63, 3.8) is 0 Å². The summed E-state index contributed by atoms with van der Waals surface area (Å²) in [5, 5.41) is 0. The predicted molar refractivity (Wildman–Crippen MR) is 48.1 cm³/mol. The molecule has 2 N–H and O–H groups in total. The third-order valence-electron chi connectivity index (χ3n) is 2.32. The smallest absolute Gasteiger partial charge is 0.329 e. The molecule has 2 fully saturated rings. The summed E-state index contributed by atoms with van der Waals surface area (Å²) in [6.07, 6.45) is 1.52. The molecule has 0 radical (unpaired) electrons. The zero-order valence-corrected chi connectivity index (χ0v) is 8.84. The molecule has 1 atom stereocenters. The Labute approximate surface area is 78.9 Å². The lowest BCUT2D eigenvalue weighted by Gasteiger charge is -2.40. The van der Waals surface area contributed by atoms with E-state index >= 15 is 0 Å². The summed E-state index contributed by atoms with van der Waals surface area (Å²) in [5.74, 6) is 0. The van der Waals surface area contributed by atoms with E-state index in [1.807, 2.05) is 0 Å². The second-order valence-electron chi connectivity index (χ2n) is 3.38. The molecule has 0 aromatic heterocycles. The largest absolute Gasteiger partial charge is 0.350 e. The van der Waals surface area contributed by atoms with Crippen LogP contribution >= 0.6 is 17.0 Å². The van der Waals surface area contributed by atoms with Crippen LogP contribution in [0.4, 0.5) is 0 Å². The SMILES string of the molecule is OP1CCC2(CO1)COP(O)OC2. The Morgan fingerprint density at radius 2 is 1.62 bits per heavy atom. The summed E-state index contributed by atoms with van der Waals surface area (Å²) in [6, 6.07) is 0. The molecule has 2 heterocycles. The molecule has 2 aliphatic heterocycles. The molecule has 5 nitrogen and oxygen atoms in total. The molecule has 2 saturated heterocycles. The van der Waals surface area contributed by atoms with Crippen LogP contribution in [0.1, 0.15) is 6.42 Å². The molecule has 76 valence electrons. The van der Waals surface area contributed by atoms with Crippen molar-refractivity contribution < 1.29 is 23.4 Å². The van der Waals surface area contributed by atoms with Crippen molar-refractivity contribution in [2.24, 2.45) is 5.41 Å². The predicted octanol–water partition coefficient (Wildman–Crippen LogP) is 0.963. The van der Waals surface area contributed by atoms with Crippen LogP contribution in [0.25, 0.3) is 0 Å². The molecule has 0 aromatic carbocycles. The van der Waals surface area contributed by atoms with Gasteiger partial charge in [0.15, 0.2) is 8.38 Å². The van der Waals surface area contributed by atoms with Gasteiger partial charge >= 0.3 is 8.60 Å². The Balaban J connectivity index is 1.90. The monoisotopic (exact) mass is 226 g/mol. The lowest BCUT2D eigenvalue weighted by atomic mass is 9.88. The number of rotatable bonds is 0. The first-order valence-corrected chi connectivity index (χ1v) is 6.57. The van der Waals surface area contributed by atoms with Crippen LogP contribution in [0, 0.1) is 5.41 Å². The minimum Gasteiger partial charge on any atom is -0.350 e. The molecule has 7 heteroatoms. The third kappa shape index (κ3) is 2.37. The number of hydrogen-bond donors (Lipinski definition) is 2. The second-order valence-corrected chi connectivity index (χ2v) is 5.79. The molecule has 0 bridgehead atoms. The van der Waals surface area contributed by atoms with Crippen LogP contribution in [0.3, 0.4) is 0 Å². The van der Waals surface area contributed by atoms with E-state index in [0.717, 1.165) is 6.42 Å². The van der Waals surface area contributed by atoms with Crippen molar-refractivity contribution in [2.75, 3.05) is 26.0 Å². The average molecular weight is 226 g/mol. The highest BCUT2D eigenvalue weighted by Crippen LogP contribution is 2.50. The summed E-state index contributed by atoms with van der Waals surface area (Å²) >= 11 is 0. The fourth-order valence-corrected chi connectivity index (χ4v) is 3.43. The minimum absolute atomic E-state index is 0.136. The van der Waals surface area contributed by atoms with Gasteiger partial charge < -0.3 is 23.4 Å². The van der Waals surface area contributed by atoms with Gasteiger partial charge in [-0.2, -0.15) is 0 Å². The second kappa shape index (κ2) is 4.03. The zero-order chi connectivity index (χ0) is 9.31. The Bertz CT molecular complexity index is 150. The summed E-state index contributed by atoms with van der Waals surface area (Å²) in [5.41, 5.74) is -0.136. The molecule has 0 amide bonds. The maximum Gasteiger partial charge on any atom is 0.329 e. The van der Waals surface area contributed by atoms with E-state index in [1.165, 1.54) is 0 Å². The molecule has 2 aliphatic rings. The lowest BCUT2D eigenvalue weighted by molar-refractivity contribution is -0.0241. The maximum absolute atomic E-state index is 9.19. The van der Waals surface area contributed by atoms with Crippen molar-refractivity contribution in [1.29, 1.82) is 0 Å². The summed E-state index contributed by atoms with van der Waals surface area (Å²) < 4.78 is 15.3. The molecular weight excluding hydrogens is 214 g/mol. The van der Waals surface area contributed by atoms with Crippen molar-refractivity contribution in [3.8, 4) is 0 Å². The Kier molecular flexibility index (Phi) is 3.16. The first-order chi connectivity index (χ1) is 6.20. The summed E-state index contributed by atoms with van der Waals surface area (Å²) in [4.78, 5) is 18.2. The van der Waals surface area contributed by atoms with Crippen LogP contribution in [-0.4, -0.2) is 35.8 Å². The van der Waals surface area contributed by atoms with Crippen LogP contribution in [0.2, 0.25) is 0 Å². The Morgan fingerprint density at radius 1 is 1.00 bits per heavy atom. The zero-order valence-electron chi connectivity index (χ0n) is 7.05. The first kappa shape index (κ1) is 10.2. The van der Waals surface area contributed by atoms with Gasteiger partial charge in [0.25, 0.3) is 0 Å². The molecule has 2 rings (SSSR count). The highest BCUT2D eigenvalue weighted by Gasteiger charge is 2.41. The van der Waals surface area contributed by atoms with E-state index in [0.29, 0.717) is 26.0 Å². The van der Waals surface area contributed by atoms with Gasteiger partial charge in [0.05, 0.1) is 19.8 Å². The third-order valence-corrected chi connectivity index (χ3v) is 4.05. The molecule has 1 spiro atoms. The van der Waals surface area contributed by atoms with Crippen LogP contribution in [-0.2, 0) is 13.6 Å². The summed E-state index contributed by atoms with van der Waals surface area (Å²) in [6.45, 7) is 1.41. The molecule has 13 heavy (non-hydrogen) atoms. The van der Waals surface area contributed by atoms with Gasteiger partial charge in [0.1, 0.15) is 0 Å². The highest BCUT2D eigenvalue weighted by atomic mass is 31.2. The lowest BCUT2D eigenvalue weighted by Crippen LogP contribution is -2.41. The molecule has 0 aliphatic carbocycles. The maximum atomic E-state index is 9.19. The van der Waals surface area contributed by atoms with Gasteiger partial charge in [-0.15, -0.1) is 0 Å². The van der Waals surface area contributed by atoms with E-state index in [9.17, 15) is 4.89 Å². The van der Waals surface area contributed by atoms with Crippen molar-refractivity contribution >= 4 is 17.0 Å². The molecule has 1 unspecified atom stereocenters. The van der Waals surface area contributed by atoms with Crippen LogP contribution < -0.4 is 0 Å². The van der Waals surface area contributed by atoms with Crippen LogP contribution in [0.15, 0.2) is 0 Å². The van der Waals surface area contributed by atoms with E-state index in [-0.39, 0.29) is 5.41 Å². The van der Waals surface area contributed by atoms with E-state index in [2.05, 4.69) is 0 Å². The van der Waals surface area contributed by atoms with Gasteiger partial charge in [-0.25, -0.2) is 0 Å². The molecular formula is C6H12O5P2. The van der Waals surface area contributed by atoms with Gasteiger partial charge in [0, 0.05) is 11.6 Å². The van der Waals surface area contributed by atoms with Gasteiger partial charge in [-0.1, -0.05) is 0 Å². The van der Waals surface area contributed by atoms with Gasteiger partial charge in [0.2, 0.25) is 0 Å². The summed E-state index contributed by atoms with van der Waals surface area (Å²) in [7, 11) is -2.89. The quantitative estimate of drug-likeness (QED) is 0.602. The van der Waals surface area contributed by atoms with Crippen LogP contribution in [0.5, 0.6) is 0 Å². The minimum atomic E-state index is -1.67. The van der Waals surface area contributed by atoms with E-state index < -0.39 is 17.0 Å². The van der Waals surface area contributed by atoms with E-state index in [1.54, 1.807) is 0 Å². The van der Waals surface area contributed by atoms with Crippen molar-refractivity contribution in [1.82, 2.24) is 0 Å². The Hall–Kier alpha value is 0.660. The van der Waals surface area contributed by atoms with E-state index in [4.69, 9.17) is 18.5 Å². The van der Waals surface area contributed by atoms with Gasteiger partial charge in [-0.05, 0) is 6.42 Å². The Morgan fingerprint density at radius 3 is 2.15 bits per heavy atom. The highest BCUT2D eigenvalue weighted by molar-refractivity contribution is 7.46. The topological polar surface area (TPSA) is 68.2 Å². The number of hydrogen-bond acceptors (Lipinski definition) is 5. The molecule has 0 aromatic rings. The van der Waals surface area contributed by atoms with Gasteiger partial charge in [-0.3, -0.25) is 0 Å². The fourth-order valence-electron chi connectivity index (χ4n) is 1.37. The first-order valence-electron chi connectivity index (χ1n) is 4.04. The average Bonchev–Trinajstić information content (AvgIpc) is 2.16. The van der Waals surface area contributed by atoms with Crippen molar-refractivity contribution in [3.05, 3.63) is 0 Å².